The first-order valence-corrected chi connectivity index (χ1v) is 18.5. The molecule has 5 nitrogen and oxygen atoms in total. The minimum absolute atomic E-state index is 0.0679. The van der Waals surface area contributed by atoms with Crippen molar-refractivity contribution in [3.63, 3.8) is 0 Å². The van der Waals surface area contributed by atoms with Gasteiger partial charge in [-0.1, -0.05) is 103 Å². The van der Waals surface area contributed by atoms with Gasteiger partial charge in [0.25, 0.3) is 0 Å². The van der Waals surface area contributed by atoms with Crippen LogP contribution in [0, 0.1) is 17.8 Å². The van der Waals surface area contributed by atoms with Crippen molar-refractivity contribution in [2.45, 2.75) is 136 Å². The van der Waals surface area contributed by atoms with Gasteiger partial charge < -0.3 is 23.7 Å². The lowest BCUT2D eigenvalue weighted by Crippen LogP contribution is -2.47. The van der Waals surface area contributed by atoms with Crippen LogP contribution in [0.3, 0.4) is 0 Å². The molecule has 0 radical (unpaired) electrons. The second kappa shape index (κ2) is 19.4. The number of rotatable bonds is 22. The summed E-state index contributed by atoms with van der Waals surface area (Å²) in [5.41, 5.74) is 1.21. The Morgan fingerprint density at radius 2 is 1.59 bits per heavy atom. The van der Waals surface area contributed by atoms with Gasteiger partial charge in [-0.2, -0.15) is 0 Å². The summed E-state index contributed by atoms with van der Waals surface area (Å²) in [6.07, 6.45) is 10.2. The quantitative estimate of drug-likeness (QED) is 0.113. The molecular weight excluding hydrogens is 504 g/mol. The normalized spacial score (nSPS) is 22.2. The van der Waals surface area contributed by atoms with Crippen LogP contribution in [0.25, 0.3) is 0 Å². The van der Waals surface area contributed by atoms with Gasteiger partial charge in [0.05, 0.1) is 18.8 Å². The summed E-state index contributed by atoms with van der Waals surface area (Å²) in [6.45, 7) is 12.9. The molecule has 1 aliphatic rings. The number of methoxy groups -OCH3 is 1. The first-order chi connectivity index (χ1) is 18.9. The van der Waals surface area contributed by atoms with E-state index in [9.17, 15) is 5.11 Å². The van der Waals surface area contributed by atoms with E-state index in [1.807, 2.05) is 6.07 Å². The summed E-state index contributed by atoms with van der Waals surface area (Å²) in [4.78, 5) is 0. The second-order valence-electron chi connectivity index (χ2n) is 12.1. The molecule has 0 spiro atoms. The predicted octanol–water partition coefficient (Wildman–Crippen LogP) is 8.36. The van der Waals surface area contributed by atoms with E-state index in [2.05, 4.69) is 58.9 Å². The predicted molar refractivity (Wildman–Crippen MR) is 164 cm³/mol. The summed E-state index contributed by atoms with van der Waals surface area (Å²) in [6, 6.07) is 14.2. The van der Waals surface area contributed by atoms with E-state index in [1.54, 1.807) is 7.11 Å². The Morgan fingerprint density at radius 3 is 2.13 bits per heavy atom. The molecule has 0 unspecified atom stereocenters. The van der Waals surface area contributed by atoms with E-state index in [1.165, 1.54) is 62.2 Å². The largest absolute Gasteiger partial charge is 0.413 e. The molecule has 0 aliphatic carbocycles. The third kappa shape index (κ3) is 11.9. The van der Waals surface area contributed by atoms with Crippen molar-refractivity contribution in [2.75, 3.05) is 20.3 Å². The van der Waals surface area contributed by atoms with Gasteiger partial charge in [0, 0.05) is 32.7 Å². The lowest BCUT2D eigenvalue weighted by molar-refractivity contribution is -0.138. The zero-order chi connectivity index (χ0) is 28.5. The Hall–Kier alpha value is -0.763. The molecule has 226 valence electrons. The summed E-state index contributed by atoms with van der Waals surface area (Å²) in [7, 11) is -0.184. The molecule has 39 heavy (non-hydrogen) atoms. The molecule has 1 aromatic rings. The van der Waals surface area contributed by atoms with Gasteiger partial charge in [-0.05, 0) is 48.4 Å². The van der Waals surface area contributed by atoms with E-state index in [4.69, 9.17) is 18.6 Å². The molecule has 2 rings (SSSR count). The highest BCUT2D eigenvalue weighted by molar-refractivity contribution is 6.73. The molecule has 1 aliphatic heterocycles. The molecule has 0 amide bonds. The van der Waals surface area contributed by atoms with Gasteiger partial charge in [-0.15, -0.1) is 0 Å². The number of aliphatic hydroxyl groups excluding tert-OH is 1. The van der Waals surface area contributed by atoms with E-state index < -0.39 is 8.32 Å². The van der Waals surface area contributed by atoms with Crippen molar-refractivity contribution >= 4 is 8.32 Å². The lowest BCUT2D eigenvalue weighted by atomic mass is 9.82. The van der Waals surface area contributed by atoms with Gasteiger partial charge in [0.15, 0.2) is 14.6 Å². The lowest BCUT2D eigenvalue weighted by Gasteiger charge is -2.40. The monoisotopic (exact) mass is 564 g/mol. The average molecular weight is 565 g/mol. The van der Waals surface area contributed by atoms with Crippen LogP contribution in [0.2, 0.25) is 18.1 Å². The SMILES string of the molecule is CCCC[Si](CCCC)(CCCC)O[C@H](CCOCc1ccccc1)[C@H](C)[C@H]1O[C@H](OC)C[C@H]1C[C@@H](C)CO. The van der Waals surface area contributed by atoms with E-state index >= 15 is 0 Å². The molecule has 1 fully saturated rings. The highest BCUT2D eigenvalue weighted by atomic mass is 28.4. The topological polar surface area (TPSA) is 57.2 Å². The number of hydrogen-bond acceptors (Lipinski definition) is 5. The maximum absolute atomic E-state index is 9.78. The summed E-state index contributed by atoms with van der Waals surface area (Å²) < 4.78 is 25.9. The van der Waals surface area contributed by atoms with Crippen molar-refractivity contribution in [1.82, 2.24) is 0 Å². The van der Waals surface area contributed by atoms with Gasteiger partial charge in [-0.25, -0.2) is 0 Å². The Bertz CT molecular complexity index is 710. The van der Waals surface area contributed by atoms with Crippen molar-refractivity contribution in [3.8, 4) is 0 Å². The fourth-order valence-electron chi connectivity index (χ4n) is 6.22. The molecule has 0 aromatic heterocycles. The van der Waals surface area contributed by atoms with Crippen LogP contribution in [0.15, 0.2) is 30.3 Å². The summed E-state index contributed by atoms with van der Waals surface area (Å²) in [5, 5.41) is 9.78. The van der Waals surface area contributed by atoms with Gasteiger partial charge >= 0.3 is 0 Å². The molecule has 0 saturated carbocycles. The zero-order valence-electron chi connectivity index (χ0n) is 26.0. The zero-order valence-corrected chi connectivity index (χ0v) is 27.0. The smallest absolute Gasteiger partial charge is 0.193 e. The third-order valence-corrected chi connectivity index (χ3v) is 13.3. The Balaban J connectivity index is 2.26. The number of aliphatic hydroxyl groups is 1. The van der Waals surface area contributed by atoms with Crippen LogP contribution < -0.4 is 0 Å². The molecule has 1 saturated heterocycles. The first-order valence-electron chi connectivity index (χ1n) is 16.0. The van der Waals surface area contributed by atoms with Crippen molar-refractivity contribution in [3.05, 3.63) is 35.9 Å². The Kier molecular flexibility index (Phi) is 17.1. The third-order valence-electron chi connectivity index (χ3n) is 8.67. The Labute approximate surface area is 241 Å². The Morgan fingerprint density at radius 1 is 0.974 bits per heavy atom. The van der Waals surface area contributed by atoms with Crippen LogP contribution in [0.4, 0.5) is 0 Å². The fraction of sp³-hybridized carbons (Fsp3) is 0.818. The van der Waals surface area contributed by atoms with E-state index in [0.717, 1.165) is 19.3 Å². The van der Waals surface area contributed by atoms with Crippen LogP contribution in [-0.2, 0) is 25.2 Å². The second-order valence-corrected chi connectivity index (χ2v) is 16.2. The molecule has 1 heterocycles. The van der Waals surface area contributed by atoms with Gasteiger partial charge in [-0.3, -0.25) is 0 Å². The maximum atomic E-state index is 9.78. The molecule has 6 atom stereocenters. The number of unbranched alkanes of at least 4 members (excludes halogenated alkanes) is 3. The molecule has 1 N–H and O–H groups in total. The summed E-state index contributed by atoms with van der Waals surface area (Å²) in [5.74, 6) is 0.851. The molecule has 1 aromatic carbocycles. The highest BCUT2D eigenvalue weighted by Crippen LogP contribution is 2.40. The fourth-order valence-corrected chi connectivity index (χ4v) is 11.3. The maximum Gasteiger partial charge on any atom is 0.193 e. The molecular formula is C33H60O5Si. The van der Waals surface area contributed by atoms with Gasteiger partial charge in [0.2, 0.25) is 0 Å². The standard InChI is InChI=1S/C33H60O5Si/c1-7-10-20-39(21-11-8-2,22-12-9-3)38-31(18-19-36-26-29-16-14-13-15-17-29)28(5)33-30(23-27(4)25-34)24-32(35-6)37-33/h13-17,27-28,30-34H,7-12,18-26H2,1-6H3/t27-,28+,30-,31-,32+,33-/m1/s1. The van der Waals surface area contributed by atoms with Crippen molar-refractivity contribution in [1.29, 1.82) is 0 Å². The van der Waals surface area contributed by atoms with E-state index in [-0.39, 0.29) is 36.9 Å². The number of benzene rings is 1. The minimum Gasteiger partial charge on any atom is -0.413 e. The highest BCUT2D eigenvalue weighted by Gasteiger charge is 2.44. The molecule has 6 heteroatoms. The van der Waals surface area contributed by atoms with E-state index in [0.29, 0.717) is 19.1 Å². The van der Waals surface area contributed by atoms with Crippen LogP contribution >= 0.6 is 0 Å². The first kappa shape index (κ1) is 34.4. The summed E-state index contributed by atoms with van der Waals surface area (Å²) >= 11 is 0. The van der Waals surface area contributed by atoms with Crippen LogP contribution in [-0.4, -0.2) is 52.2 Å². The van der Waals surface area contributed by atoms with Gasteiger partial charge in [0.1, 0.15) is 0 Å². The van der Waals surface area contributed by atoms with Crippen molar-refractivity contribution in [2.24, 2.45) is 17.8 Å². The minimum atomic E-state index is -1.93. The van der Waals surface area contributed by atoms with Crippen LogP contribution in [0.5, 0.6) is 0 Å². The molecule has 0 bridgehead atoms. The number of ether oxygens (including phenoxy) is 3. The number of hydrogen-bond donors (Lipinski definition) is 1. The van der Waals surface area contributed by atoms with Crippen LogP contribution in [0.1, 0.15) is 98.0 Å². The van der Waals surface area contributed by atoms with Crippen molar-refractivity contribution < 1.29 is 23.7 Å². The average Bonchev–Trinajstić information content (AvgIpc) is 3.37.